The zero-order chi connectivity index (χ0) is 14.0. The van der Waals surface area contributed by atoms with Crippen molar-refractivity contribution in [2.24, 2.45) is 5.92 Å². The van der Waals surface area contributed by atoms with E-state index in [1.54, 1.807) is 18.2 Å². The van der Waals surface area contributed by atoms with E-state index in [0.717, 1.165) is 0 Å². The Labute approximate surface area is 109 Å². The monoisotopic (exact) mass is 262 g/mol. The molecule has 19 heavy (non-hydrogen) atoms. The molecule has 2 rings (SSSR count). The quantitative estimate of drug-likeness (QED) is 0.690. The Morgan fingerprint density at radius 1 is 1.37 bits per heavy atom. The number of ether oxygens (including phenoxy) is 1. The molecule has 1 aromatic carbocycles. The highest BCUT2D eigenvalue weighted by Crippen LogP contribution is 2.28. The second kappa shape index (κ2) is 5.09. The number of aliphatic carboxylic acids is 1. The second-order valence-electron chi connectivity index (χ2n) is 4.23. The van der Waals surface area contributed by atoms with Gasteiger partial charge in [0.15, 0.2) is 0 Å². The Morgan fingerprint density at radius 3 is 2.63 bits per heavy atom. The molecular weight excluding hydrogens is 250 g/mol. The molecule has 0 spiro atoms. The third kappa shape index (κ3) is 2.42. The summed E-state index contributed by atoms with van der Waals surface area (Å²) < 4.78 is 4.64. The molecule has 1 amide bonds. The van der Waals surface area contributed by atoms with Crippen LogP contribution in [0.15, 0.2) is 24.3 Å². The lowest BCUT2D eigenvalue weighted by atomic mass is 10.1. The molecule has 0 aliphatic carbocycles. The Bertz CT molecular complexity index is 540. The lowest BCUT2D eigenvalue weighted by molar-refractivity contribution is -0.310. The molecule has 0 saturated carbocycles. The number of methoxy groups -OCH3 is 1. The molecule has 6 nitrogen and oxygen atoms in total. The summed E-state index contributed by atoms with van der Waals surface area (Å²) in [4.78, 5) is 35.6. The van der Waals surface area contributed by atoms with Crippen molar-refractivity contribution in [1.82, 2.24) is 0 Å². The van der Waals surface area contributed by atoms with Crippen LogP contribution in [0.25, 0.3) is 0 Å². The number of rotatable bonds is 3. The third-order valence-electron chi connectivity index (χ3n) is 3.06. The highest BCUT2D eigenvalue weighted by Gasteiger charge is 2.33. The summed E-state index contributed by atoms with van der Waals surface area (Å²) in [5, 5.41) is 10.8. The van der Waals surface area contributed by atoms with Crippen molar-refractivity contribution < 1.29 is 24.2 Å². The summed E-state index contributed by atoms with van der Waals surface area (Å²) in [6, 6.07) is 6.43. The van der Waals surface area contributed by atoms with Gasteiger partial charge in [0, 0.05) is 24.9 Å². The fourth-order valence-corrected chi connectivity index (χ4v) is 2.09. The number of hydrogen-bond acceptors (Lipinski definition) is 5. The van der Waals surface area contributed by atoms with E-state index in [1.807, 2.05) is 0 Å². The summed E-state index contributed by atoms with van der Waals surface area (Å²) in [7, 11) is 1.24. The van der Waals surface area contributed by atoms with Crippen molar-refractivity contribution in [3.63, 3.8) is 0 Å². The smallest absolute Gasteiger partial charge is 0.339 e. The van der Waals surface area contributed by atoms with Crippen LogP contribution in [-0.4, -0.2) is 31.5 Å². The molecule has 1 aliphatic rings. The number of anilines is 1. The van der Waals surface area contributed by atoms with E-state index >= 15 is 0 Å². The summed E-state index contributed by atoms with van der Waals surface area (Å²) in [6.07, 6.45) is -0.113. The van der Waals surface area contributed by atoms with Crippen LogP contribution in [0, 0.1) is 5.92 Å². The zero-order valence-electron chi connectivity index (χ0n) is 10.3. The highest BCUT2D eigenvalue weighted by molar-refractivity contribution is 6.05. The van der Waals surface area contributed by atoms with Crippen LogP contribution >= 0.6 is 0 Å². The fourth-order valence-electron chi connectivity index (χ4n) is 2.09. The molecule has 100 valence electrons. The number of hydrogen-bond donors (Lipinski definition) is 0. The van der Waals surface area contributed by atoms with Gasteiger partial charge >= 0.3 is 5.97 Å². The van der Waals surface area contributed by atoms with E-state index < -0.39 is 17.9 Å². The molecular formula is C13H12NO5-. The number of benzene rings is 1. The molecule has 6 heteroatoms. The lowest BCUT2D eigenvalue weighted by Gasteiger charge is -2.19. The van der Waals surface area contributed by atoms with Gasteiger partial charge in [0.25, 0.3) is 0 Å². The lowest BCUT2D eigenvalue weighted by Crippen LogP contribution is -2.34. The average molecular weight is 262 g/mol. The van der Waals surface area contributed by atoms with Crippen LogP contribution in [0.3, 0.4) is 0 Å². The summed E-state index contributed by atoms with van der Waals surface area (Å²) in [5.41, 5.74) is 0.598. The van der Waals surface area contributed by atoms with Gasteiger partial charge in [0.1, 0.15) is 0 Å². The number of nitrogens with zero attached hydrogens (tertiary/aromatic N) is 1. The van der Waals surface area contributed by atoms with Crippen molar-refractivity contribution in [3.8, 4) is 0 Å². The Hall–Kier alpha value is -2.37. The SMILES string of the molecule is COC(=O)c1ccccc1N1C[C@@H](C(=O)[O-])CC1=O. The zero-order valence-corrected chi connectivity index (χ0v) is 10.3. The number of esters is 1. The molecule has 1 saturated heterocycles. The van der Waals surface area contributed by atoms with Crippen LogP contribution in [0.1, 0.15) is 16.8 Å². The highest BCUT2D eigenvalue weighted by atomic mass is 16.5. The minimum atomic E-state index is -1.26. The third-order valence-corrected chi connectivity index (χ3v) is 3.06. The first-order valence-electron chi connectivity index (χ1n) is 5.73. The normalized spacial score (nSPS) is 18.5. The molecule has 1 aromatic rings. The topological polar surface area (TPSA) is 86.7 Å². The van der Waals surface area contributed by atoms with E-state index in [1.165, 1.54) is 18.1 Å². The van der Waals surface area contributed by atoms with Gasteiger partial charge in [0.05, 0.1) is 18.4 Å². The summed E-state index contributed by atoms with van der Waals surface area (Å²) >= 11 is 0. The van der Waals surface area contributed by atoms with E-state index in [4.69, 9.17) is 0 Å². The number of amides is 1. The van der Waals surface area contributed by atoms with Crippen molar-refractivity contribution in [3.05, 3.63) is 29.8 Å². The summed E-state index contributed by atoms with van der Waals surface area (Å²) in [5.74, 6) is -3.02. The van der Waals surface area contributed by atoms with Crippen molar-refractivity contribution in [1.29, 1.82) is 0 Å². The van der Waals surface area contributed by atoms with Crippen LogP contribution in [-0.2, 0) is 14.3 Å². The Kier molecular flexibility index (Phi) is 3.50. The van der Waals surface area contributed by atoms with Crippen LogP contribution in [0.2, 0.25) is 0 Å². The van der Waals surface area contributed by atoms with Crippen molar-refractivity contribution >= 4 is 23.5 Å². The average Bonchev–Trinajstić information content (AvgIpc) is 2.80. The van der Waals surface area contributed by atoms with Gasteiger partial charge in [-0.1, -0.05) is 12.1 Å². The van der Waals surface area contributed by atoms with Gasteiger partial charge in [0.2, 0.25) is 5.91 Å². The molecule has 0 unspecified atom stereocenters. The molecule has 0 aromatic heterocycles. The van der Waals surface area contributed by atoms with Gasteiger partial charge in [-0.05, 0) is 12.1 Å². The van der Waals surface area contributed by atoms with Gasteiger partial charge in [-0.3, -0.25) is 4.79 Å². The molecule has 0 N–H and O–H groups in total. The summed E-state index contributed by atoms with van der Waals surface area (Å²) in [6.45, 7) is 0.00910. The first-order chi connectivity index (χ1) is 9.04. The molecule has 0 radical (unpaired) electrons. The standard InChI is InChI=1S/C13H13NO5/c1-19-13(18)9-4-2-3-5-10(9)14-7-8(12(16)17)6-11(14)15/h2-5,8H,6-7H2,1H3,(H,16,17)/p-1/t8-/m0/s1. The number of carboxylic acids is 1. The maximum Gasteiger partial charge on any atom is 0.339 e. The number of carbonyl (C=O) groups is 3. The van der Waals surface area contributed by atoms with Crippen molar-refractivity contribution in [2.75, 3.05) is 18.6 Å². The first-order valence-corrected chi connectivity index (χ1v) is 5.73. The first kappa shape index (κ1) is 13.1. The van der Waals surface area contributed by atoms with Crippen LogP contribution in [0.5, 0.6) is 0 Å². The fraction of sp³-hybridized carbons (Fsp3) is 0.308. The maximum absolute atomic E-state index is 11.8. The number of para-hydroxylation sites is 1. The minimum Gasteiger partial charge on any atom is -0.550 e. The van der Waals surface area contributed by atoms with Gasteiger partial charge in [-0.15, -0.1) is 0 Å². The predicted molar refractivity (Wildman–Crippen MR) is 63.2 cm³/mol. The maximum atomic E-state index is 11.8. The molecule has 1 heterocycles. The van der Waals surface area contributed by atoms with Crippen LogP contribution in [0.4, 0.5) is 5.69 Å². The molecule has 0 bridgehead atoms. The Morgan fingerprint density at radius 2 is 2.05 bits per heavy atom. The van der Waals surface area contributed by atoms with E-state index in [9.17, 15) is 19.5 Å². The Balaban J connectivity index is 2.35. The minimum absolute atomic E-state index is 0.00910. The van der Waals surface area contributed by atoms with E-state index in [-0.39, 0.29) is 24.4 Å². The van der Waals surface area contributed by atoms with Crippen molar-refractivity contribution in [2.45, 2.75) is 6.42 Å². The van der Waals surface area contributed by atoms with Gasteiger partial charge in [-0.2, -0.15) is 0 Å². The molecule has 1 aliphatic heterocycles. The number of carbonyl (C=O) groups excluding carboxylic acids is 3. The molecule has 1 atom stereocenters. The van der Waals surface area contributed by atoms with E-state index in [2.05, 4.69) is 4.74 Å². The predicted octanol–water partition coefficient (Wildman–Crippen LogP) is -0.424. The second-order valence-corrected chi connectivity index (χ2v) is 4.23. The van der Waals surface area contributed by atoms with E-state index in [0.29, 0.717) is 5.69 Å². The van der Waals surface area contributed by atoms with Gasteiger partial charge in [-0.25, -0.2) is 4.79 Å². The van der Waals surface area contributed by atoms with Gasteiger partial charge < -0.3 is 19.5 Å². The molecule has 1 fully saturated rings. The van der Waals surface area contributed by atoms with Crippen LogP contribution < -0.4 is 10.0 Å². The number of carboxylic acid groups (broad SMARTS) is 1. The largest absolute Gasteiger partial charge is 0.550 e.